The van der Waals surface area contributed by atoms with E-state index in [1.54, 1.807) is 0 Å². The molecule has 0 aliphatic carbocycles. The lowest BCUT2D eigenvalue weighted by molar-refractivity contribution is 0.0981. The molecule has 0 saturated carbocycles. The van der Waals surface area contributed by atoms with E-state index in [1.807, 2.05) is 0 Å². The standard InChI is InChI=1S/C13H29N3/c1-5-6-13(2,11-14-3)12-16-9-7-15(4)8-10-16/h14H,5-12H2,1-4H3. The Balaban J connectivity index is 2.41. The summed E-state index contributed by atoms with van der Waals surface area (Å²) in [5.41, 5.74) is 0.444. The van der Waals surface area contributed by atoms with Gasteiger partial charge in [-0.05, 0) is 25.9 Å². The Morgan fingerprint density at radius 2 is 1.81 bits per heavy atom. The van der Waals surface area contributed by atoms with Crippen LogP contribution in [-0.2, 0) is 0 Å². The Kier molecular flexibility index (Phi) is 5.73. The minimum Gasteiger partial charge on any atom is -0.319 e. The zero-order valence-electron chi connectivity index (χ0n) is 11.6. The predicted molar refractivity (Wildman–Crippen MR) is 70.9 cm³/mol. The van der Waals surface area contributed by atoms with Crippen LogP contribution in [-0.4, -0.2) is 63.2 Å². The molecular weight excluding hydrogens is 198 g/mol. The van der Waals surface area contributed by atoms with E-state index in [4.69, 9.17) is 0 Å². The van der Waals surface area contributed by atoms with Gasteiger partial charge < -0.3 is 15.1 Å². The lowest BCUT2D eigenvalue weighted by Crippen LogP contribution is -2.49. The lowest BCUT2D eigenvalue weighted by Gasteiger charge is -2.39. The van der Waals surface area contributed by atoms with E-state index in [1.165, 1.54) is 45.6 Å². The molecule has 0 spiro atoms. The molecule has 0 amide bonds. The first kappa shape index (κ1) is 13.9. The van der Waals surface area contributed by atoms with E-state index in [0.29, 0.717) is 5.41 Å². The molecular formula is C13H29N3. The molecule has 16 heavy (non-hydrogen) atoms. The van der Waals surface area contributed by atoms with Crippen molar-refractivity contribution >= 4 is 0 Å². The van der Waals surface area contributed by atoms with Gasteiger partial charge in [0.1, 0.15) is 0 Å². The van der Waals surface area contributed by atoms with Crippen molar-refractivity contribution in [1.82, 2.24) is 15.1 Å². The monoisotopic (exact) mass is 227 g/mol. The summed E-state index contributed by atoms with van der Waals surface area (Å²) in [6.45, 7) is 12.0. The minimum absolute atomic E-state index is 0.444. The van der Waals surface area contributed by atoms with E-state index in [0.717, 1.165) is 6.54 Å². The van der Waals surface area contributed by atoms with Crippen LogP contribution in [0.15, 0.2) is 0 Å². The molecule has 1 N–H and O–H groups in total. The molecule has 0 aromatic carbocycles. The average molecular weight is 227 g/mol. The van der Waals surface area contributed by atoms with E-state index in [2.05, 4.69) is 43.1 Å². The second-order valence-corrected chi connectivity index (χ2v) is 5.67. The Bertz CT molecular complexity index is 180. The summed E-state index contributed by atoms with van der Waals surface area (Å²) < 4.78 is 0. The number of piperazine rings is 1. The Morgan fingerprint density at radius 3 is 2.31 bits per heavy atom. The number of likely N-dealkylation sites (N-methyl/N-ethyl adjacent to an activating group) is 1. The van der Waals surface area contributed by atoms with Crippen LogP contribution in [0.3, 0.4) is 0 Å². The molecule has 1 fully saturated rings. The van der Waals surface area contributed by atoms with Gasteiger partial charge in [-0.15, -0.1) is 0 Å². The van der Waals surface area contributed by atoms with Gasteiger partial charge in [0, 0.05) is 39.3 Å². The van der Waals surface area contributed by atoms with Crippen LogP contribution in [0.2, 0.25) is 0 Å². The van der Waals surface area contributed by atoms with Crippen LogP contribution in [0.5, 0.6) is 0 Å². The summed E-state index contributed by atoms with van der Waals surface area (Å²) in [4.78, 5) is 5.05. The number of hydrogen-bond donors (Lipinski definition) is 1. The molecule has 1 atom stereocenters. The fourth-order valence-corrected chi connectivity index (χ4v) is 2.80. The average Bonchev–Trinajstić information content (AvgIpc) is 2.22. The fraction of sp³-hybridized carbons (Fsp3) is 1.00. The highest BCUT2D eigenvalue weighted by Gasteiger charge is 2.26. The zero-order valence-corrected chi connectivity index (χ0v) is 11.6. The number of hydrogen-bond acceptors (Lipinski definition) is 3. The third kappa shape index (κ3) is 4.40. The highest BCUT2D eigenvalue weighted by molar-refractivity contribution is 4.82. The highest BCUT2D eigenvalue weighted by Crippen LogP contribution is 2.24. The van der Waals surface area contributed by atoms with Gasteiger partial charge in [-0.25, -0.2) is 0 Å². The van der Waals surface area contributed by atoms with Crippen molar-refractivity contribution in [2.24, 2.45) is 5.41 Å². The van der Waals surface area contributed by atoms with Gasteiger partial charge in [0.25, 0.3) is 0 Å². The van der Waals surface area contributed by atoms with Crippen molar-refractivity contribution in [3.63, 3.8) is 0 Å². The summed E-state index contributed by atoms with van der Waals surface area (Å²) in [6.07, 6.45) is 2.60. The molecule has 3 heteroatoms. The molecule has 3 nitrogen and oxygen atoms in total. The molecule has 0 aromatic heterocycles. The lowest BCUT2D eigenvalue weighted by atomic mass is 9.84. The minimum atomic E-state index is 0.444. The van der Waals surface area contributed by atoms with Crippen LogP contribution in [0.25, 0.3) is 0 Å². The predicted octanol–water partition coefficient (Wildman–Crippen LogP) is 1.26. The first-order valence-corrected chi connectivity index (χ1v) is 6.65. The Hall–Kier alpha value is -0.120. The number of rotatable bonds is 6. The zero-order chi connectivity index (χ0) is 12.0. The number of nitrogens with one attached hydrogen (secondary N) is 1. The van der Waals surface area contributed by atoms with Crippen molar-refractivity contribution < 1.29 is 0 Å². The molecule has 0 aromatic rings. The maximum Gasteiger partial charge on any atom is 0.0110 e. The fourth-order valence-electron chi connectivity index (χ4n) is 2.80. The number of nitrogens with zero attached hydrogens (tertiary/aromatic N) is 2. The quantitative estimate of drug-likeness (QED) is 0.737. The highest BCUT2D eigenvalue weighted by atomic mass is 15.2. The van der Waals surface area contributed by atoms with Crippen molar-refractivity contribution in [2.75, 3.05) is 53.4 Å². The van der Waals surface area contributed by atoms with Gasteiger partial charge in [-0.1, -0.05) is 20.3 Å². The van der Waals surface area contributed by atoms with Crippen LogP contribution in [0.1, 0.15) is 26.7 Å². The van der Waals surface area contributed by atoms with Gasteiger partial charge in [0.15, 0.2) is 0 Å². The molecule has 96 valence electrons. The molecule has 1 aliphatic heterocycles. The van der Waals surface area contributed by atoms with Crippen molar-refractivity contribution in [1.29, 1.82) is 0 Å². The second-order valence-electron chi connectivity index (χ2n) is 5.67. The molecule has 1 aliphatic rings. The molecule has 1 saturated heterocycles. The van der Waals surface area contributed by atoms with Gasteiger partial charge >= 0.3 is 0 Å². The molecule has 0 bridgehead atoms. The maximum atomic E-state index is 3.35. The summed E-state index contributed by atoms with van der Waals surface area (Å²) in [5.74, 6) is 0. The van der Waals surface area contributed by atoms with E-state index in [-0.39, 0.29) is 0 Å². The molecule has 1 rings (SSSR count). The molecule has 1 unspecified atom stereocenters. The third-order valence-corrected chi connectivity index (χ3v) is 3.66. The van der Waals surface area contributed by atoms with Crippen LogP contribution < -0.4 is 5.32 Å². The van der Waals surface area contributed by atoms with Crippen molar-refractivity contribution in [2.45, 2.75) is 26.7 Å². The van der Waals surface area contributed by atoms with Crippen molar-refractivity contribution in [3.8, 4) is 0 Å². The molecule has 1 heterocycles. The van der Waals surface area contributed by atoms with Gasteiger partial charge in [0.2, 0.25) is 0 Å². The van der Waals surface area contributed by atoms with Crippen LogP contribution >= 0.6 is 0 Å². The van der Waals surface area contributed by atoms with Crippen LogP contribution in [0, 0.1) is 5.41 Å². The summed E-state index contributed by atoms with van der Waals surface area (Å²) >= 11 is 0. The first-order chi connectivity index (χ1) is 7.59. The third-order valence-electron chi connectivity index (χ3n) is 3.66. The Labute approximate surface area is 101 Å². The normalized spacial score (nSPS) is 23.2. The van der Waals surface area contributed by atoms with E-state index in [9.17, 15) is 0 Å². The van der Waals surface area contributed by atoms with Crippen LogP contribution in [0.4, 0.5) is 0 Å². The van der Waals surface area contributed by atoms with E-state index < -0.39 is 0 Å². The SMILES string of the molecule is CCCC(C)(CNC)CN1CCN(C)CC1. The summed E-state index contributed by atoms with van der Waals surface area (Å²) in [6, 6.07) is 0. The van der Waals surface area contributed by atoms with E-state index >= 15 is 0 Å². The topological polar surface area (TPSA) is 18.5 Å². The maximum absolute atomic E-state index is 3.35. The Morgan fingerprint density at radius 1 is 1.19 bits per heavy atom. The second kappa shape index (κ2) is 6.58. The van der Waals surface area contributed by atoms with Gasteiger partial charge in [0.05, 0.1) is 0 Å². The summed E-state index contributed by atoms with van der Waals surface area (Å²) in [5, 5.41) is 3.35. The smallest absolute Gasteiger partial charge is 0.0110 e. The van der Waals surface area contributed by atoms with Gasteiger partial charge in [-0.2, -0.15) is 0 Å². The first-order valence-electron chi connectivity index (χ1n) is 6.65. The molecule has 0 radical (unpaired) electrons. The van der Waals surface area contributed by atoms with Gasteiger partial charge in [-0.3, -0.25) is 0 Å². The summed E-state index contributed by atoms with van der Waals surface area (Å²) in [7, 11) is 4.29. The van der Waals surface area contributed by atoms with Crippen molar-refractivity contribution in [3.05, 3.63) is 0 Å². The largest absolute Gasteiger partial charge is 0.319 e.